The first kappa shape index (κ1) is 20.4. The summed E-state index contributed by atoms with van der Waals surface area (Å²) < 4.78 is 5.73. The Balaban J connectivity index is 0.00000117. The second-order valence-corrected chi connectivity index (χ2v) is 7.03. The summed E-state index contributed by atoms with van der Waals surface area (Å²) in [7, 11) is 0. The lowest BCUT2D eigenvalue weighted by molar-refractivity contribution is -0.138. The summed E-state index contributed by atoms with van der Waals surface area (Å²) in [5.74, 6) is 0.733. The lowest BCUT2D eigenvalue weighted by Gasteiger charge is -2.34. The smallest absolute Gasteiger partial charge is 0.267 e. The van der Waals surface area contributed by atoms with E-state index in [4.69, 9.17) is 4.74 Å². The van der Waals surface area contributed by atoms with E-state index in [-0.39, 0.29) is 11.8 Å². The molecule has 2 aliphatic heterocycles. The maximum absolute atomic E-state index is 11.7. The van der Waals surface area contributed by atoms with Gasteiger partial charge in [-0.15, -0.1) is 0 Å². The summed E-state index contributed by atoms with van der Waals surface area (Å²) in [5, 5.41) is 2.32. The highest BCUT2D eigenvalue weighted by Gasteiger charge is 2.28. The predicted molar refractivity (Wildman–Crippen MR) is 103 cm³/mol. The van der Waals surface area contributed by atoms with Gasteiger partial charge in [-0.1, -0.05) is 26.0 Å². The van der Waals surface area contributed by atoms with Crippen LogP contribution in [-0.2, 0) is 9.59 Å². The number of amides is 2. The number of hydrogen-bond donors (Lipinski definition) is 1. The van der Waals surface area contributed by atoms with Gasteiger partial charge in [-0.3, -0.25) is 14.9 Å². The summed E-state index contributed by atoms with van der Waals surface area (Å²) in [6.45, 7) is 10.8. The highest BCUT2D eigenvalue weighted by atomic mass is 16.5. The van der Waals surface area contributed by atoms with Gasteiger partial charge in [0.05, 0.1) is 0 Å². The van der Waals surface area contributed by atoms with Crippen molar-refractivity contribution in [1.29, 1.82) is 0 Å². The van der Waals surface area contributed by atoms with Crippen molar-refractivity contribution in [3.05, 3.63) is 29.8 Å². The van der Waals surface area contributed by atoms with Crippen LogP contribution in [0.15, 0.2) is 24.3 Å². The van der Waals surface area contributed by atoms with Crippen molar-refractivity contribution in [3.63, 3.8) is 0 Å². The van der Waals surface area contributed by atoms with Gasteiger partial charge < -0.3 is 9.64 Å². The first-order valence-electron chi connectivity index (χ1n) is 9.87. The minimum atomic E-state index is -0.567. The van der Waals surface area contributed by atoms with Crippen molar-refractivity contribution >= 4 is 11.8 Å². The molecule has 2 heterocycles. The first-order valence-corrected chi connectivity index (χ1v) is 9.87. The van der Waals surface area contributed by atoms with E-state index in [2.05, 4.69) is 36.2 Å². The molecule has 1 aromatic carbocycles. The van der Waals surface area contributed by atoms with Crippen LogP contribution in [0.5, 0.6) is 5.75 Å². The van der Waals surface area contributed by atoms with Gasteiger partial charge in [0.1, 0.15) is 5.75 Å². The molecule has 0 spiro atoms. The average molecular weight is 360 g/mol. The Bertz CT molecular complexity index is 590. The third-order valence-corrected chi connectivity index (χ3v) is 5.08. The number of benzene rings is 1. The molecule has 1 atom stereocenters. The lowest BCUT2D eigenvalue weighted by Crippen LogP contribution is -2.46. The van der Waals surface area contributed by atoms with E-state index >= 15 is 0 Å². The van der Waals surface area contributed by atoms with E-state index in [0.29, 0.717) is 30.6 Å². The number of ether oxygens (including phenoxy) is 1. The molecule has 5 nitrogen and oxygen atoms in total. The maximum Gasteiger partial charge on any atom is 0.267 e. The van der Waals surface area contributed by atoms with E-state index in [1.165, 1.54) is 18.4 Å². The quantitative estimate of drug-likeness (QED) is 0.835. The van der Waals surface area contributed by atoms with Gasteiger partial charge in [0.15, 0.2) is 6.10 Å². The zero-order valence-electron chi connectivity index (χ0n) is 16.5. The molecule has 2 saturated heterocycles. The molecule has 1 aromatic rings. The minimum absolute atomic E-state index is 0.220. The number of hydrogen-bond acceptors (Lipinski definition) is 4. The number of imide groups is 1. The van der Waals surface area contributed by atoms with E-state index < -0.39 is 6.10 Å². The normalized spacial score (nSPS) is 21.8. The van der Waals surface area contributed by atoms with Crippen molar-refractivity contribution < 1.29 is 14.3 Å². The molecular formula is C21H32N2O3. The van der Waals surface area contributed by atoms with Crippen LogP contribution in [0.4, 0.5) is 0 Å². The molecule has 1 unspecified atom stereocenters. The van der Waals surface area contributed by atoms with Gasteiger partial charge in [0, 0.05) is 18.9 Å². The van der Waals surface area contributed by atoms with Crippen molar-refractivity contribution in [3.8, 4) is 5.75 Å². The monoisotopic (exact) mass is 360 g/mol. The molecule has 2 amide bonds. The molecule has 0 saturated carbocycles. The highest BCUT2D eigenvalue weighted by molar-refractivity contribution is 5.99. The summed E-state index contributed by atoms with van der Waals surface area (Å²) in [6, 6.07) is 8.71. The Morgan fingerprint density at radius 2 is 1.65 bits per heavy atom. The summed E-state index contributed by atoms with van der Waals surface area (Å²) >= 11 is 0. The SMILES string of the molecule is CC.CC(C)N1CCC(c2ccc(OC3CCC(=O)NC3=O)cc2)CC1. The van der Waals surface area contributed by atoms with Crippen molar-refractivity contribution in [2.24, 2.45) is 0 Å². The number of carbonyl (C=O) groups excluding carboxylic acids is 2. The van der Waals surface area contributed by atoms with Crippen molar-refractivity contribution in [2.75, 3.05) is 13.1 Å². The number of piperidine rings is 2. The Morgan fingerprint density at radius 1 is 1.04 bits per heavy atom. The van der Waals surface area contributed by atoms with E-state index in [0.717, 1.165) is 13.1 Å². The van der Waals surface area contributed by atoms with Crippen LogP contribution < -0.4 is 10.1 Å². The second-order valence-electron chi connectivity index (χ2n) is 7.03. The molecule has 3 rings (SSSR count). The Kier molecular flexibility index (Phi) is 7.64. The molecule has 2 aliphatic rings. The standard InChI is InChI=1S/C19H26N2O3.C2H6/c1-13(2)21-11-9-15(10-12-21)14-3-5-16(6-4-14)24-17-7-8-18(22)20-19(17)23;1-2/h3-6,13,15,17H,7-12H2,1-2H3,(H,20,22,23);1-2H3. The van der Waals surface area contributed by atoms with E-state index in [9.17, 15) is 9.59 Å². The van der Waals surface area contributed by atoms with Gasteiger partial charge in [0.25, 0.3) is 5.91 Å². The zero-order chi connectivity index (χ0) is 19.1. The number of nitrogens with one attached hydrogen (secondary N) is 1. The average Bonchev–Trinajstić information content (AvgIpc) is 2.66. The first-order chi connectivity index (χ1) is 12.5. The summed E-state index contributed by atoms with van der Waals surface area (Å²) in [6.07, 6.45) is 2.59. The molecule has 0 bridgehead atoms. The van der Waals surface area contributed by atoms with Gasteiger partial charge in [-0.05, 0) is 63.4 Å². The third kappa shape index (κ3) is 5.31. The van der Waals surface area contributed by atoms with Gasteiger partial charge in [0.2, 0.25) is 5.91 Å². The van der Waals surface area contributed by atoms with Crippen LogP contribution >= 0.6 is 0 Å². The fraction of sp³-hybridized carbons (Fsp3) is 0.619. The van der Waals surface area contributed by atoms with E-state index in [1.807, 2.05) is 26.0 Å². The molecule has 144 valence electrons. The molecule has 0 aliphatic carbocycles. The Hall–Kier alpha value is -1.88. The van der Waals surface area contributed by atoms with Gasteiger partial charge >= 0.3 is 0 Å². The van der Waals surface area contributed by atoms with Crippen molar-refractivity contribution in [2.45, 2.75) is 71.4 Å². The number of nitrogens with zero attached hydrogens (tertiary/aromatic N) is 1. The number of carbonyl (C=O) groups is 2. The largest absolute Gasteiger partial charge is 0.481 e. The summed E-state index contributed by atoms with van der Waals surface area (Å²) in [5.41, 5.74) is 1.34. The Labute approximate surface area is 157 Å². The summed E-state index contributed by atoms with van der Waals surface area (Å²) in [4.78, 5) is 25.4. The molecule has 1 N–H and O–H groups in total. The topological polar surface area (TPSA) is 58.6 Å². The molecule has 26 heavy (non-hydrogen) atoms. The molecule has 0 radical (unpaired) electrons. The molecule has 2 fully saturated rings. The van der Waals surface area contributed by atoms with Gasteiger partial charge in [-0.2, -0.15) is 0 Å². The number of rotatable bonds is 4. The van der Waals surface area contributed by atoms with Crippen LogP contribution in [0.3, 0.4) is 0 Å². The van der Waals surface area contributed by atoms with E-state index in [1.54, 1.807) is 0 Å². The fourth-order valence-electron chi connectivity index (χ4n) is 3.52. The zero-order valence-corrected chi connectivity index (χ0v) is 16.5. The van der Waals surface area contributed by atoms with Crippen LogP contribution in [0, 0.1) is 0 Å². The number of likely N-dealkylation sites (tertiary alicyclic amines) is 1. The minimum Gasteiger partial charge on any atom is -0.481 e. The Morgan fingerprint density at radius 3 is 2.19 bits per heavy atom. The van der Waals surface area contributed by atoms with Crippen LogP contribution in [-0.4, -0.2) is 41.9 Å². The second kappa shape index (κ2) is 9.72. The fourth-order valence-corrected chi connectivity index (χ4v) is 3.52. The molecular weight excluding hydrogens is 328 g/mol. The molecule has 0 aromatic heterocycles. The van der Waals surface area contributed by atoms with Gasteiger partial charge in [-0.25, -0.2) is 0 Å². The molecule has 5 heteroatoms. The predicted octanol–water partition coefficient (Wildman–Crippen LogP) is 3.48. The van der Waals surface area contributed by atoms with Crippen LogP contribution in [0.25, 0.3) is 0 Å². The third-order valence-electron chi connectivity index (χ3n) is 5.08. The highest BCUT2D eigenvalue weighted by Crippen LogP contribution is 2.30. The van der Waals surface area contributed by atoms with Crippen LogP contribution in [0.2, 0.25) is 0 Å². The van der Waals surface area contributed by atoms with Crippen molar-refractivity contribution in [1.82, 2.24) is 10.2 Å². The lowest BCUT2D eigenvalue weighted by atomic mass is 9.89. The van der Waals surface area contributed by atoms with Crippen LogP contribution in [0.1, 0.15) is 64.9 Å². The maximum atomic E-state index is 11.7.